The van der Waals surface area contributed by atoms with E-state index in [0.29, 0.717) is 6.42 Å². The summed E-state index contributed by atoms with van der Waals surface area (Å²) in [6, 6.07) is -1.03. The summed E-state index contributed by atoms with van der Waals surface area (Å²) in [6.45, 7) is 7.52. The molecule has 0 aliphatic heterocycles. The minimum Gasteiger partial charge on any atom is -0.481 e. The second-order valence-electron chi connectivity index (χ2n) is 10.7. The molecule has 0 spiro atoms. The fourth-order valence-corrected chi connectivity index (χ4v) is 3.86. The van der Waals surface area contributed by atoms with Crippen LogP contribution >= 0.6 is 0 Å². The summed E-state index contributed by atoms with van der Waals surface area (Å²) < 4.78 is 5.27. The molecule has 3 N–H and O–H groups in total. The maximum atomic E-state index is 12.3. The summed E-state index contributed by atoms with van der Waals surface area (Å²) in [4.78, 5) is 47.4. The van der Waals surface area contributed by atoms with Crippen molar-refractivity contribution in [3.63, 3.8) is 0 Å². The number of unbranched alkanes of at least 4 members (excludes halogenated alkanes) is 12. The van der Waals surface area contributed by atoms with Crippen molar-refractivity contribution in [2.45, 2.75) is 148 Å². The normalized spacial score (nSPS) is 12.1. The Morgan fingerprint density at radius 3 is 1.69 bits per heavy atom. The molecule has 0 aromatic carbocycles. The van der Waals surface area contributed by atoms with Crippen molar-refractivity contribution in [1.82, 2.24) is 10.6 Å². The van der Waals surface area contributed by atoms with Crippen LogP contribution in [-0.4, -0.2) is 47.0 Å². The second-order valence-corrected chi connectivity index (χ2v) is 10.7. The van der Waals surface area contributed by atoms with Gasteiger partial charge < -0.3 is 20.5 Å². The Kier molecular flexibility index (Phi) is 19.8. The summed E-state index contributed by atoms with van der Waals surface area (Å²) >= 11 is 0. The Morgan fingerprint density at radius 1 is 0.722 bits per heavy atom. The number of hydrogen-bond acceptors (Lipinski definition) is 5. The molecule has 210 valence electrons. The van der Waals surface area contributed by atoms with E-state index in [-0.39, 0.29) is 31.7 Å². The molecule has 0 aromatic heterocycles. The highest BCUT2D eigenvalue weighted by Crippen LogP contribution is 2.13. The van der Waals surface area contributed by atoms with Gasteiger partial charge in [-0.3, -0.25) is 14.4 Å². The van der Waals surface area contributed by atoms with Gasteiger partial charge in [-0.15, -0.1) is 0 Å². The number of amides is 2. The molecular formula is C28H52N2O6. The number of carbonyl (C=O) groups excluding carboxylic acids is 3. The van der Waals surface area contributed by atoms with E-state index >= 15 is 0 Å². The van der Waals surface area contributed by atoms with Crippen molar-refractivity contribution in [3.8, 4) is 0 Å². The van der Waals surface area contributed by atoms with Crippen LogP contribution in [0.1, 0.15) is 137 Å². The Labute approximate surface area is 218 Å². The van der Waals surface area contributed by atoms with Gasteiger partial charge in [0.05, 0.1) is 0 Å². The van der Waals surface area contributed by atoms with Gasteiger partial charge in [-0.05, 0) is 33.6 Å². The topological polar surface area (TPSA) is 122 Å². The number of aliphatic carboxylic acids is 1. The minimum absolute atomic E-state index is 0.0106. The van der Waals surface area contributed by atoms with Crippen molar-refractivity contribution >= 4 is 23.8 Å². The average molecular weight is 513 g/mol. The highest BCUT2D eigenvalue weighted by atomic mass is 16.6. The summed E-state index contributed by atoms with van der Waals surface area (Å²) in [5.74, 6) is -2.24. The number of nitrogens with one attached hydrogen (secondary N) is 2. The van der Waals surface area contributed by atoms with Crippen molar-refractivity contribution in [2.75, 3.05) is 6.54 Å². The Bertz CT molecular complexity index is 630. The van der Waals surface area contributed by atoms with E-state index in [9.17, 15) is 19.2 Å². The van der Waals surface area contributed by atoms with E-state index in [0.717, 1.165) is 19.3 Å². The first-order chi connectivity index (χ1) is 17.0. The first-order valence-electron chi connectivity index (χ1n) is 14.1. The maximum absolute atomic E-state index is 12.3. The lowest BCUT2D eigenvalue weighted by Crippen LogP contribution is -2.45. The molecule has 0 rings (SSSR count). The van der Waals surface area contributed by atoms with E-state index in [2.05, 4.69) is 17.6 Å². The third kappa shape index (κ3) is 22.4. The van der Waals surface area contributed by atoms with Gasteiger partial charge in [0, 0.05) is 25.8 Å². The molecular weight excluding hydrogens is 460 g/mol. The number of carbonyl (C=O) groups is 4. The van der Waals surface area contributed by atoms with Crippen molar-refractivity contribution in [3.05, 3.63) is 0 Å². The lowest BCUT2D eigenvalue weighted by atomic mass is 10.0. The van der Waals surface area contributed by atoms with Gasteiger partial charge in [-0.25, -0.2) is 4.79 Å². The van der Waals surface area contributed by atoms with Crippen LogP contribution in [0, 0.1) is 0 Å². The lowest BCUT2D eigenvalue weighted by Gasteiger charge is -2.24. The van der Waals surface area contributed by atoms with Gasteiger partial charge in [0.1, 0.15) is 11.6 Å². The molecule has 0 saturated carbocycles. The van der Waals surface area contributed by atoms with E-state index in [4.69, 9.17) is 9.84 Å². The zero-order valence-electron chi connectivity index (χ0n) is 23.3. The van der Waals surface area contributed by atoms with E-state index in [1.807, 2.05) is 0 Å². The number of rotatable bonds is 22. The fraction of sp³-hybridized carbons (Fsp3) is 0.857. The van der Waals surface area contributed by atoms with Gasteiger partial charge >= 0.3 is 11.9 Å². The van der Waals surface area contributed by atoms with Gasteiger partial charge in [0.15, 0.2) is 0 Å². The smallest absolute Gasteiger partial charge is 0.329 e. The molecule has 0 unspecified atom stereocenters. The van der Waals surface area contributed by atoms with Gasteiger partial charge in [-0.2, -0.15) is 0 Å². The summed E-state index contributed by atoms with van der Waals surface area (Å²) in [7, 11) is 0. The number of esters is 1. The minimum atomic E-state index is -1.06. The SMILES string of the molecule is CCCCCCCCCCCCCCCC(=O)NCCC(=O)N[C@@H](CCC(=O)O)C(=O)OC(C)(C)C. The average Bonchev–Trinajstić information content (AvgIpc) is 2.78. The van der Waals surface area contributed by atoms with E-state index in [1.165, 1.54) is 64.2 Å². The molecule has 0 saturated heterocycles. The number of carboxylic acids is 1. The number of ether oxygens (including phenoxy) is 1. The van der Waals surface area contributed by atoms with E-state index < -0.39 is 29.5 Å². The van der Waals surface area contributed by atoms with Crippen LogP contribution in [0.15, 0.2) is 0 Å². The number of carboxylic acid groups (broad SMARTS) is 1. The van der Waals surface area contributed by atoms with Crippen LogP contribution < -0.4 is 10.6 Å². The number of hydrogen-bond donors (Lipinski definition) is 3. The molecule has 0 bridgehead atoms. The fourth-order valence-electron chi connectivity index (χ4n) is 3.86. The molecule has 36 heavy (non-hydrogen) atoms. The van der Waals surface area contributed by atoms with Crippen LogP contribution in [0.3, 0.4) is 0 Å². The molecule has 8 heteroatoms. The molecule has 0 aliphatic carbocycles. The van der Waals surface area contributed by atoms with Crippen LogP contribution in [0.5, 0.6) is 0 Å². The van der Waals surface area contributed by atoms with Crippen molar-refractivity contribution in [1.29, 1.82) is 0 Å². The first kappa shape index (κ1) is 33.9. The Hall–Kier alpha value is -2.12. The van der Waals surface area contributed by atoms with E-state index in [1.54, 1.807) is 20.8 Å². The third-order valence-corrected chi connectivity index (χ3v) is 5.86. The maximum Gasteiger partial charge on any atom is 0.329 e. The standard InChI is InChI=1S/C28H52N2O6/c1-5-6-7-8-9-10-11-12-13-14-15-16-17-18-24(31)29-22-21-25(32)30-23(19-20-26(33)34)27(35)36-28(2,3)4/h23H,5-22H2,1-4H3,(H,29,31)(H,30,32)(H,33,34)/t23-/m0/s1. The van der Waals surface area contributed by atoms with Crippen LogP contribution in [0.2, 0.25) is 0 Å². The van der Waals surface area contributed by atoms with Crippen LogP contribution in [0.25, 0.3) is 0 Å². The quantitative estimate of drug-likeness (QED) is 0.127. The monoisotopic (exact) mass is 512 g/mol. The van der Waals surface area contributed by atoms with Gasteiger partial charge in [0.25, 0.3) is 0 Å². The van der Waals surface area contributed by atoms with Gasteiger partial charge in [-0.1, -0.05) is 84.0 Å². The van der Waals surface area contributed by atoms with Crippen LogP contribution in [0.4, 0.5) is 0 Å². The first-order valence-corrected chi connectivity index (χ1v) is 14.1. The molecule has 0 aromatic rings. The Balaban J connectivity index is 3.89. The molecule has 0 aliphatic rings. The largest absolute Gasteiger partial charge is 0.481 e. The molecule has 0 fully saturated rings. The predicted molar refractivity (Wildman–Crippen MR) is 143 cm³/mol. The molecule has 0 heterocycles. The zero-order valence-corrected chi connectivity index (χ0v) is 23.3. The highest BCUT2D eigenvalue weighted by molar-refractivity contribution is 5.85. The molecule has 1 atom stereocenters. The van der Waals surface area contributed by atoms with Crippen LogP contribution in [-0.2, 0) is 23.9 Å². The Morgan fingerprint density at radius 2 is 1.22 bits per heavy atom. The summed E-state index contributed by atoms with van der Waals surface area (Å²) in [6.07, 6.45) is 16.4. The lowest BCUT2D eigenvalue weighted by molar-refractivity contribution is -0.159. The van der Waals surface area contributed by atoms with Crippen molar-refractivity contribution < 1.29 is 29.0 Å². The van der Waals surface area contributed by atoms with Crippen molar-refractivity contribution in [2.24, 2.45) is 0 Å². The second kappa shape index (κ2) is 21.0. The molecule has 8 nitrogen and oxygen atoms in total. The third-order valence-electron chi connectivity index (χ3n) is 5.86. The highest BCUT2D eigenvalue weighted by Gasteiger charge is 2.27. The summed E-state index contributed by atoms with van der Waals surface area (Å²) in [5.41, 5.74) is -0.745. The predicted octanol–water partition coefficient (Wildman–Crippen LogP) is 5.67. The molecule has 0 radical (unpaired) electrons. The molecule has 2 amide bonds. The summed E-state index contributed by atoms with van der Waals surface area (Å²) in [5, 5.41) is 14.2. The van der Waals surface area contributed by atoms with Gasteiger partial charge in [0.2, 0.25) is 11.8 Å². The zero-order chi connectivity index (χ0) is 27.2.